The van der Waals surface area contributed by atoms with Crippen molar-refractivity contribution < 1.29 is 13.6 Å². The Morgan fingerprint density at radius 1 is 1.44 bits per heavy atom. The van der Waals surface area contributed by atoms with Crippen molar-refractivity contribution in [1.29, 1.82) is 0 Å². The predicted molar refractivity (Wildman–Crippen MR) is 93.2 cm³/mol. The van der Waals surface area contributed by atoms with Crippen molar-refractivity contribution in [3.05, 3.63) is 42.2 Å². The van der Waals surface area contributed by atoms with Gasteiger partial charge in [0.1, 0.15) is 5.82 Å². The molecular formula is C19H24FN3O2. The predicted octanol–water partition coefficient (Wildman–Crippen LogP) is 3.14. The van der Waals surface area contributed by atoms with E-state index in [9.17, 15) is 9.18 Å². The number of oxazole rings is 1. The van der Waals surface area contributed by atoms with Crippen LogP contribution >= 0.6 is 0 Å². The summed E-state index contributed by atoms with van der Waals surface area (Å²) in [5.74, 6) is 0.551. The summed E-state index contributed by atoms with van der Waals surface area (Å²) < 4.78 is 19.4. The van der Waals surface area contributed by atoms with E-state index >= 15 is 0 Å². The fraction of sp³-hybridized carbons (Fsp3) is 0.474. The molecule has 25 heavy (non-hydrogen) atoms. The molecule has 5 nitrogen and oxygen atoms in total. The molecule has 2 unspecified atom stereocenters. The third-order valence-electron chi connectivity index (χ3n) is 4.72. The number of amides is 1. The summed E-state index contributed by atoms with van der Waals surface area (Å²) in [5, 5.41) is 0. The van der Waals surface area contributed by atoms with Gasteiger partial charge in [0.15, 0.2) is 11.7 Å². The number of piperidine rings is 1. The summed E-state index contributed by atoms with van der Waals surface area (Å²) in [6.07, 6.45) is 5.31. The van der Waals surface area contributed by atoms with Crippen LogP contribution in [-0.2, 0) is 11.2 Å². The molecule has 0 bridgehead atoms. The molecule has 1 aliphatic rings. The molecule has 134 valence electrons. The molecule has 2 atom stereocenters. The second-order valence-corrected chi connectivity index (χ2v) is 6.61. The van der Waals surface area contributed by atoms with E-state index in [0.29, 0.717) is 30.1 Å². The molecule has 1 saturated heterocycles. The van der Waals surface area contributed by atoms with Crippen LogP contribution in [0, 0.1) is 5.82 Å². The molecule has 0 saturated carbocycles. The Labute approximate surface area is 147 Å². The van der Waals surface area contributed by atoms with Crippen LogP contribution in [0.2, 0.25) is 0 Å². The molecule has 2 N–H and O–H groups in total. The molecule has 6 heteroatoms. The summed E-state index contributed by atoms with van der Waals surface area (Å²) in [7, 11) is 0. The Morgan fingerprint density at radius 2 is 2.24 bits per heavy atom. The zero-order valence-corrected chi connectivity index (χ0v) is 14.5. The van der Waals surface area contributed by atoms with Gasteiger partial charge < -0.3 is 15.1 Å². The monoisotopic (exact) mass is 345 g/mol. The zero-order chi connectivity index (χ0) is 17.8. The largest absolute Gasteiger partial charge is 0.441 e. The standard InChI is InChI=1S/C19H24FN3O2/c1-13(21)16-8-4-5-11-23(16)19(24)10-9-18-22-12-17(25-18)14-6-2-3-7-15(14)20/h2-3,6-7,12-13,16H,4-5,8-11,21H2,1H3. The second-order valence-electron chi connectivity index (χ2n) is 6.61. The lowest BCUT2D eigenvalue weighted by molar-refractivity contribution is -0.135. The van der Waals surface area contributed by atoms with Gasteiger partial charge in [-0.1, -0.05) is 12.1 Å². The number of likely N-dealkylation sites (tertiary alicyclic amines) is 1. The Hall–Kier alpha value is -2.21. The number of carbonyl (C=O) groups is 1. The van der Waals surface area contributed by atoms with E-state index in [1.54, 1.807) is 18.2 Å². The quantitative estimate of drug-likeness (QED) is 0.903. The average Bonchev–Trinajstić information content (AvgIpc) is 3.08. The van der Waals surface area contributed by atoms with Gasteiger partial charge in [-0.15, -0.1) is 0 Å². The number of nitrogens with two attached hydrogens (primary N) is 1. The van der Waals surface area contributed by atoms with Crippen molar-refractivity contribution >= 4 is 5.91 Å². The van der Waals surface area contributed by atoms with Crippen LogP contribution < -0.4 is 5.73 Å². The number of benzene rings is 1. The van der Waals surface area contributed by atoms with Crippen molar-refractivity contribution in [3.8, 4) is 11.3 Å². The minimum Gasteiger partial charge on any atom is -0.441 e. The first-order valence-electron chi connectivity index (χ1n) is 8.81. The van der Waals surface area contributed by atoms with Crippen LogP contribution in [0.15, 0.2) is 34.9 Å². The van der Waals surface area contributed by atoms with Crippen LogP contribution in [0.5, 0.6) is 0 Å². The topological polar surface area (TPSA) is 72.4 Å². The lowest BCUT2D eigenvalue weighted by Gasteiger charge is -2.38. The number of halogens is 1. The van der Waals surface area contributed by atoms with Crippen molar-refractivity contribution in [2.24, 2.45) is 5.73 Å². The molecule has 0 aliphatic carbocycles. The first-order valence-corrected chi connectivity index (χ1v) is 8.81. The van der Waals surface area contributed by atoms with E-state index in [1.165, 1.54) is 12.3 Å². The normalized spacial score (nSPS) is 19.0. The number of nitrogens with zero attached hydrogens (tertiary/aromatic N) is 2. The van der Waals surface area contributed by atoms with E-state index in [4.69, 9.17) is 10.2 Å². The van der Waals surface area contributed by atoms with Gasteiger partial charge in [0.2, 0.25) is 5.91 Å². The fourth-order valence-corrected chi connectivity index (χ4v) is 3.38. The molecule has 0 radical (unpaired) electrons. The van der Waals surface area contributed by atoms with Gasteiger partial charge >= 0.3 is 0 Å². The maximum Gasteiger partial charge on any atom is 0.223 e. The number of carbonyl (C=O) groups excluding carboxylic acids is 1. The molecule has 1 aromatic heterocycles. The Kier molecular flexibility index (Phi) is 5.48. The Balaban J connectivity index is 1.62. The summed E-state index contributed by atoms with van der Waals surface area (Å²) in [4.78, 5) is 18.6. The van der Waals surface area contributed by atoms with Crippen LogP contribution in [0.25, 0.3) is 11.3 Å². The van der Waals surface area contributed by atoms with E-state index in [-0.39, 0.29) is 23.8 Å². The lowest BCUT2D eigenvalue weighted by atomic mass is 9.96. The molecule has 1 aromatic carbocycles. The number of hydrogen-bond donors (Lipinski definition) is 1. The molecule has 1 aliphatic heterocycles. The Morgan fingerprint density at radius 3 is 3.00 bits per heavy atom. The van der Waals surface area contributed by atoms with Gasteiger partial charge in [0, 0.05) is 31.5 Å². The average molecular weight is 345 g/mol. The van der Waals surface area contributed by atoms with Crippen LogP contribution in [0.4, 0.5) is 4.39 Å². The van der Waals surface area contributed by atoms with Gasteiger partial charge in [-0.05, 0) is 38.3 Å². The third kappa shape index (κ3) is 4.07. The maximum atomic E-state index is 13.8. The molecule has 1 fully saturated rings. The summed E-state index contributed by atoms with van der Waals surface area (Å²) >= 11 is 0. The highest BCUT2D eigenvalue weighted by Gasteiger charge is 2.29. The first kappa shape index (κ1) is 17.6. The van der Waals surface area contributed by atoms with E-state index in [1.807, 2.05) is 11.8 Å². The van der Waals surface area contributed by atoms with Crippen molar-refractivity contribution in [2.45, 2.75) is 51.1 Å². The zero-order valence-electron chi connectivity index (χ0n) is 14.5. The highest BCUT2D eigenvalue weighted by atomic mass is 19.1. The van der Waals surface area contributed by atoms with Gasteiger partial charge in [0.05, 0.1) is 11.8 Å². The number of rotatable bonds is 5. The highest BCUT2D eigenvalue weighted by Crippen LogP contribution is 2.24. The van der Waals surface area contributed by atoms with E-state index in [0.717, 1.165) is 25.8 Å². The molecule has 0 spiro atoms. The second kappa shape index (κ2) is 7.78. The first-order chi connectivity index (χ1) is 12.1. The summed E-state index contributed by atoms with van der Waals surface area (Å²) in [6, 6.07) is 6.48. The summed E-state index contributed by atoms with van der Waals surface area (Å²) in [5.41, 5.74) is 6.40. The maximum absolute atomic E-state index is 13.8. The summed E-state index contributed by atoms with van der Waals surface area (Å²) in [6.45, 7) is 2.71. The van der Waals surface area contributed by atoms with Crippen LogP contribution in [0.3, 0.4) is 0 Å². The molecule has 3 rings (SSSR count). The van der Waals surface area contributed by atoms with E-state index in [2.05, 4.69) is 4.98 Å². The molecule has 1 amide bonds. The molecule has 2 aromatic rings. The SMILES string of the molecule is CC(N)C1CCCCN1C(=O)CCc1ncc(-c2ccccc2F)o1. The minimum atomic E-state index is -0.352. The van der Waals surface area contributed by atoms with Gasteiger partial charge in [-0.3, -0.25) is 4.79 Å². The van der Waals surface area contributed by atoms with Crippen molar-refractivity contribution in [2.75, 3.05) is 6.54 Å². The Bertz CT molecular complexity index is 729. The number of aromatic nitrogens is 1. The van der Waals surface area contributed by atoms with E-state index < -0.39 is 0 Å². The fourth-order valence-electron chi connectivity index (χ4n) is 3.38. The number of aryl methyl sites for hydroxylation is 1. The number of hydrogen-bond acceptors (Lipinski definition) is 4. The van der Waals surface area contributed by atoms with Gasteiger partial charge in [-0.25, -0.2) is 9.37 Å². The van der Waals surface area contributed by atoms with Crippen molar-refractivity contribution in [1.82, 2.24) is 9.88 Å². The minimum absolute atomic E-state index is 0.0290. The van der Waals surface area contributed by atoms with Crippen molar-refractivity contribution in [3.63, 3.8) is 0 Å². The van der Waals surface area contributed by atoms with Gasteiger partial charge in [0.25, 0.3) is 0 Å². The third-order valence-corrected chi connectivity index (χ3v) is 4.72. The van der Waals surface area contributed by atoms with Crippen LogP contribution in [-0.4, -0.2) is 34.4 Å². The molecular weight excluding hydrogens is 321 g/mol. The highest BCUT2D eigenvalue weighted by molar-refractivity contribution is 5.77. The van der Waals surface area contributed by atoms with Gasteiger partial charge in [-0.2, -0.15) is 0 Å². The molecule has 2 heterocycles. The smallest absolute Gasteiger partial charge is 0.223 e. The van der Waals surface area contributed by atoms with Crippen LogP contribution in [0.1, 0.15) is 38.5 Å². The lowest BCUT2D eigenvalue weighted by Crippen LogP contribution is -2.51.